The molecule has 1 aliphatic heterocycles. The van der Waals surface area contributed by atoms with Gasteiger partial charge in [0.15, 0.2) is 11.2 Å². The fourth-order valence-corrected chi connectivity index (χ4v) is 4.30. The van der Waals surface area contributed by atoms with Crippen LogP contribution in [0.4, 0.5) is 11.7 Å². The van der Waals surface area contributed by atoms with Crippen LogP contribution >= 0.6 is 0 Å². The second kappa shape index (κ2) is 8.14. The molecule has 4 heterocycles. The van der Waals surface area contributed by atoms with Crippen molar-refractivity contribution in [3.05, 3.63) is 71.4 Å². The number of hydrogen-bond donors (Lipinski definition) is 2. The summed E-state index contributed by atoms with van der Waals surface area (Å²) in [7, 11) is 0. The summed E-state index contributed by atoms with van der Waals surface area (Å²) in [4.78, 5) is 38.1. The smallest absolute Gasteiger partial charge is 0.298 e. The molecule has 1 fully saturated rings. The summed E-state index contributed by atoms with van der Waals surface area (Å²) in [6.07, 6.45) is 4.29. The first-order chi connectivity index (χ1) is 16.7. The third kappa shape index (κ3) is 3.58. The largest absolute Gasteiger partial charge is 0.423 e. The van der Waals surface area contributed by atoms with Gasteiger partial charge in [-0.05, 0) is 49.2 Å². The van der Waals surface area contributed by atoms with Crippen molar-refractivity contribution in [2.24, 2.45) is 5.92 Å². The number of anilines is 2. The molecule has 0 spiro atoms. The maximum atomic E-state index is 12.8. The van der Waals surface area contributed by atoms with E-state index in [9.17, 15) is 9.59 Å². The fraction of sp³-hybridized carbons (Fsp3) is 0.208. The number of nitrogens with one attached hydrogen (secondary N) is 2. The molecule has 0 saturated carbocycles. The Morgan fingerprint density at radius 1 is 1.09 bits per heavy atom. The lowest BCUT2D eigenvalue weighted by atomic mass is 9.96. The minimum Gasteiger partial charge on any atom is -0.423 e. The maximum absolute atomic E-state index is 12.8. The number of H-pyrrole nitrogens is 1. The van der Waals surface area contributed by atoms with E-state index in [4.69, 9.17) is 4.42 Å². The van der Waals surface area contributed by atoms with Gasteiger partial charge in [0.1, 0.15) is 10.9 Å². The van der Waals surface area contributed by atoms with Gasteiger partial charge in [0.25, 0.3) is 11.6 Å². The van der Waals surface area contributed by atoms with Crippen molar-refractivity contribution in [3.8, 4) is 5.69 Å². The average molecular weight is 455 g/mol. The number of nitrogens with zero attached hydrogens (tertiary/aromatic N) is 5. The molecule has 5 aromatic rings. The highest BCUT2D eigenvalue weighted by Crippen LogP contribution is 2.27. The van der Waals surface area contributed by atoms with Crippen molar-refractivity contribution in [3.63, 3.8) is 0 Å². The summed E-state index contributed by atoms with van der Waals surface area (Å²) in [6.45, 7) is 1.42. The van der Waals surface area contributed by atoms with Gasteiger partial charge in [0, 0.05) is 24.7 Å². The number of oxazole rings is 1. The standard InChI is InChI=1S/C24H21N7O3/c32-22(15-9-11-30(12-10-15)24-29-19-3-1-2-4-20(19)34-24)28-16-5-7-17(8-6-16)31-21-18(13-27-31)23(33)26-14-25-21/h1-8,13-15H,9-12H2,(H,28,32)(H,25,26,33). The molecular weight excluding hydrogens is 434 g/mol. The monoisotopic (exact) mass is 455 g/mol. The molecule has 0 aliphatic carbocycles. The van der Waals surface area contributed by atoms with E-state index < -0.39 is 0 Å². The van der Waals surface area contributed by atoms with Crippen LogP contribution in [0, 0.1) is 5.92 Å². The predicted octanol–water partition coefficient (Wildman–Crippen LogP) is 3.11. The van der Waals surface area contributed by atoms with Gasteiger partial charge < -0.3 is 19.6 Å². The topological polar surface area (TPSA) is 122 Å². The summed E-state index contributed by atoms with van der Waals surface area (Å²) in [6, 6.07) is 15.6. The van der Waals surface area contributed by atoms with Crippen LogP contribution in [-0.4, -0.2) is 43.7 Å². The Hall–Kier alpha value is -4.47. The van der Waals surface area contributed by atoms with Gasteiger partial charge in [0.05, 0.1) is 18.2 Å². The highest BCUT2D eigenvalue weighted by molar-refractivity contribution is 5.92. The van der Waals surface area contributed by atoms with Gasteiger partial charge in [-0.2, -0.15) is 10.1 Å². The van der Waals surface area contributed by atoms with Crippen LogP contribution in [-0.2, 0) is 4.79 Å². The third-order valence-corrected chi connectivity index (χ3v) is 6.17. The quantitative estimate of drug-likeness (QED) is 0.427. The number of hydrogen-bond acceptors (Lipinski definition) is 7. The zero-order chi connectivity index (χ0) is 23.1. The number of aromatic nitrogens is 5. The highest BCUT2D eigenvalue weighted by atomic mass is 16.4. The number of fused-ring (bicyclic) bond motifs is 2. The van der Waals surface area contributed by atoms with Gasteiger partial charge in [-0.1, -0.05) is 12.1 Å². The van der Waals surface area contributed by atoms with Crippen molar-refractivity contribution < 1.29 is 9.21 Å². The lowest BCUT2D eigenvalue weighted by molar-refractivity contribution is -0.120. The van der Waals surface area contributed by atoms with Crippen LogP contribution in [0.15, 0.2) is 70.3 Å². The molecule has 34 heavy (non-hydrogen) atoms. The van der Waals surface area contributed by atoms with Gasteiger partial charge in [-0.3, -0.25) is 9.59 Å². The SMILES string of the molecule is O=C(Nc1ccc(-n2ncc3c(=O)[nH]cnc32)cc1)C1CCN(c2nc3ccccc3o2)CC1. The number of aromatic amines is 1. The van der Waals surface area contributed by atoms with E-state index in [0.29, 0.717) is 35.8 Å². The number of carbonyl (C=O) groups excluding carboxylic acids is 1. The van der Waals surface area contributed by atoms with E-state index >= 15 is 0 Å². The molecule has 6 rings (SSSR count). The molecule has 1 saturated heterocycles. The summed E-state index contributed by atoms with van der Waals surface area (Å²) < 4.78 is 7.45. The van der Waals surface area contributed by atoms with Gasteiger partial charge in [0.2, 0.25) is 5.91 Å². The molecule has 10 heteroatoms. The maximum Gasteiger partial charge on any atom is 0.298 e. The number of benzene rings is 2. The van der Waals surface area contributed by atoms with Crippen molar-refractivity contribution >= 4 is 39.7 Å². The molecule has 0 radical (unpaired) electrons. The predicted molar refractivity (Wildman–Crippen MR) is 127 cm³/mol. The van der Waals surface area contributed by atoms with E-state index in [2.05, 4.69) is 30.3 Å². The number of rotatable bonds is 4. The molecule has 2 aromatic carbocycles. The molecule has 3 aromatic heterocycles. The molecular formula is C24H21N7O3. The molecule has 0 atom stereocenters. The Morgan fingerprint density at radius 3 is 2.68 bits per heavy atom. The first-order valence-corrected chi connectivity index (χ1v) is 11.1. The minimum absolute atomic E-state index is 0.00250. The van der Waals surface area contributed by atoms with Crippen LogP contribution < -0.4 is 15.8 Å². The molecule has 170 valence electrons. The van der Waals surface area contributed by atoms with E-state index in [1.54, 1.807) is 4.68 Å². The molecule has 10 nitrogen and oxygen atoms in total. The Kier molecular flexibility index (Phi) is 4.83. The molecule has 0 unspecified atom stereocenters. The van der Waals surface area contributed by atoms with Crippen molar-refractivity contribution in [1.29, 1.82) is 0 Å². The Bertz CT molecular complexity index is 1510. The lowest BCUT2D eigenvalue weighted by Gasteiger charge is -2.30. The summed E-state index contributed by atoms with van der Waals surface area (Å²) in [5, 5.41) is 7.70. The number of carbonyl (C=O) groups is 1. The molecule has 0 bridgehead atoms. The molecule has 1 aliphatic rings. The average Bonchev–Trinajstić information content (AvgIpc) is 3.50. The Balaban J connectivity index is 1.10. The third-order valence-electron chi connectivity index (χ3n) is 6.17. The summed E-state index contributed by atoms with van der Waals surface area (Å²) >= 11 is 0. The molecule has 1 amide bonds. The second-order valence-electron chi connectivity index (χ2n) is 8.29. The minimum atomic E-state index is -0.234. The Labute approximate surface area is 193 Å². The number of amides is 1. The first-order valence-electron chi connectivity index (χ1n) is 11.1. The van der Waals surface area contributed by atoms with E-state index in [1.165, 1.54) is 12.5 Å². The number of piperidine rings is 1. The van der Waals surface area contributed by atoms with Crippen molar-refractivity contribution in [2.75, 3.05) is 23.3 Å². The van der Waals surface area contributed by atoms with Gasteiger partial charge in [-0.15, -0.1) is 0 Å². The van der Waals surface area contributed by atoms with Crippen molar-refractivity contribution in [2.45, 2.75) is 12.8 Å². The Morgan fingerprint density at radius 2 is 1.88 bits per heavy atom. The van der Waals surface area contributed by atoms with Crippen LogP contribution in [0.1, 0.15) is 12.8 Å². The molecule has 2 N–H and O–H groups in total. The lowest BCUT2D eigenvalue weighted by Crippen LogP contribution is -2.38. The van der Waals surface area contributed by atoms with Crippen LogP contribution in [0.2, 0.25) is 0 Å². The summed E-state index contributed by atoms with van der Waals surface area (Å²) in [5.41, 5.74) is 3.31. The second-order valence-corrected chi connectivity index (χ2v) is 8.29. The first kappa shape index (κ1) is 20.2. The van der Waals surface area contributed by atoms with E-state index in [0.717, 1.165) is 29.6 Å². The van der Waals surface area contributed by atoms with Gasteiger partial charge in [-0.25, -0.2) is 9.67 Å². The van der Waals surface area contributed by atoms with Crippen LogP contribution in [0.5, 0.6) is 0 Å². The highest BCUT2D eigenvalue weighted by Gasteiger charge is 2.27. The zero-order valence-electron chi connectivity index (χ0n) is 18.1. The zero-order valence-corrected chi connectivity index (χ0v) is 18.1. The fourth-order valence-electron chi connectivity index (χ4n) is 4.30. The van der Waals surface area contributed by atoms with Crippen LogP contribution in [0.3, 0.4) is 0 Å². The van der Waals surface area contributed by atoms with E-state index in [1.807, 2.05) is 48.5 Å². The number of para-hydroxylation sites is 2. The van der Waals surface area contributed by atoms with E-state index in [-0.39, 0.29) is 17.4 Å². The normalized spacial score (nSPS) is 14.6. The van der Waals surface area contributed by atoms with Gasteiger partial charge >= 0.3 is 0 Å². The van der Waals surface area contributed by atoms with Crippen molar-refractivity contribution in [1.82, 2.24) is 24.7 Å². The summed E-state index contributed by atoms with van der Waals surface area (Å²) in [5.74, 6) is -0.0750. The van der Waals surface area contributed by atoms with Crippen LogP contribution in [0.25, 0.3) is 27.8 Å².